The summed E-state index contributed by atoms with van der Waals surface area (Å²) in [6.07, 6.45) is 0.154. The van der Waals surface area contributed by atoms with Gasteiger partial charge in [0.15, 0.2) is 5.70 Å². The van der Waals surface area contributed by atoms with Crippen LogP contribution < -0.4 is 0 Å². The Hall–Kier alpha value is -2.57. The normalized spacial score (nSPS) is 18.7. The van der Waals surface area contributed by atoms with Crippen molar-refractivity contribution in [3.05, 3.63) is 34.4 Å². The molecule has 7 nitrogen and oxygen atoms in total. The van der Waals surface area contributed by atoms with Gasteiger partial charge in [0.05, 0.1) is 5.69 Å². The van der Waals surface area contributed by atoms with Crippen molar-refractivity contribution in [3.63, 3.8) is 0 Å². The molecule has 1 aromatic heterocycles. The van der Waals surface area contributed by atoms with Gasteiger partial charge >= 0.3 is 11.9 Å². The number of cyclic esters (lactones) is 1. The molecule has 1 aliphatic rings. The number of rotatable bonds is 4. The van der Waals surface area contributed by atoms with Gasteiger partial charge in [0.1, 0.15) is 6.26 Å². The van der Waals surface area contributed by atoms with Crippen LogP contribution in [-0.4, -0.2) is 33.1 Å². The highest BCUT2D eigenvalue weighted by Gasteiger charge is 2.29. The maximum atomic E-state index is 11.5. The Morgan fingerprint density at radius 3 is 2.36 bits per heavy atom. The number of carboxylic acid groups (broad SMARTS) is 1. The summed E-state index contributed by atoms with van der Waals surface area (Å²) in [5.41, 5.74) is 3.30. The topological polar surface area (TPSA) is 90.7 Å². The van der Waals surface area contributed by atoms with Crippen LogP contribution in [0.25, 0.3) is 5.70 Å². The molecule has 22 heavy (non-hydrogen) atoms. The Bertz CT molecular complexity index is 712. The minimum atomic E-state index is -1.19. The number of carboxylic acids is 1. The molecule has 0 amide bonds. The number of ether oxygens (including phenoxy) is 2. The molecule has 0 spiro atoms. The number of nitrogens with zero attached hydrogens (tertiary/aromatic N) is 2. The first-order valence-electron chi connectivity index (χ1n) is 6.74. The minimum Gasteiger partial charge on any atom is -0.476 e. The highest BCUT2D eigenvalue weighted by Crippen LogP contribution is 2.24. The maximum absolute atomic E-state index is 11.5. The smallest absolute Gasteiger partial charge is 0.357 e. The average molecular weight is 306 g/mol. The third kappa shape index (κ3) is 2.61. The van der Waals surface area contributed by atoms with E-state index in [2.05, 4.69) is 5.10 Å². The van der Waals surface area contributed by atoms with Crippen LogP contribution in [0.4, 0.5) is 0 Å². The van der Waals surface area contributed by atoms with Gasteiger partial charge in [0.2, 0.25) is 0 Å². The fourth-order valence-electron chi connectivity index (χ4n) is 2.01. The van der Waals surface area contributed by atoms with Crippen LogP contribution in [-0.2, 0) is 19.1 Å². The number of aryl methyl sites for hydroxylation is 1. The van der Waals surface area contributed by atoms with Gasteiger partial charge in [0.25, 0.3) is 6.29 Å². The second-order valence-electron chi connectivity index (χ2n) is 5.20. The maximum Gasteiger partial charge on any atom is 0.357 e. The van der Waals surface area contributed by atoms with Gasteiger partial charge < -0.3 is 14.6 Å². The number of carbonyl (C=O) groups is 2. The summed E-state index contributed by atoms with van der Waals surface area (Å²) in [5, 5.41) is 13.6. The van der Waals surface area contributed by atoms with Gasteiger partial charge in [-0.3, -0.25) is 0 Å². The van der Waals surface area contributed by atoms with E-state index in [0.717, 1.165) is 17.5 Å². The summed E-state index contributed by atoms with van der Waals surface area (Å²) in [5.74, 6) is -1.65. The first-order chi connectivity index (χ1) is 10.2. The fourth-order valence-corrected chi connectivity index (χ4v) is 2.01. The summed E-state index contributed by atoms with van der Waals surface area (Å²) >= 11 is 0. The van der Waals surface area contributed by atoms with E-state index < -0.39 is 18.2 Å². The molecule has 0 radical (unpaired) electrons. The zero-order valence-corrected chi connectivity index (χ0v) is 13.1. The SMILES string of the molecule is CC1=C(C)C(O/C=C(/C(=O)O)n2nc(C)c(C)c2C)OC1=O. The van der Waals surface area contributed by atoms with E-state index in [4.69, 9.17) is 9.47 Å². The Kier molecular flexibility index (Phi) is 4.07. The molecule has 2 rings (SSSR count). The van der Waals surface area contributed by atoms with Gasteiger partial charge in [-0.25, -0.2) is 14.3 Å². The Morgan fingerprint density at radius 2 is 1.95 bits per heavy atom. The molecule has 7 heteroatoms. The summed E-state index contributed by atoms with van der Waals surface area (Å²) in [4.78, 5) is 22.9. The molecular weight excluding hydrogens is 288 g/mol. The molecule has 1 N–H and O–H groups in total. The Balaban J connectivity index is 2.32. The van der Waals surface area contributed by atoms with E-state index in [1.165, 1.54) is 4.68 Å². The van der Waals surface area contributed by atoms with Crippen molar-refractivity contribution in [2.75, 3.05) is 0 Å². The number of aliphatic carboxylic acids is 1. The molecule has 0 saturated carbocycles. The van der Waals surface area contributed by atoms with Crippen LogP contribution in [0.5, 0.6) is 0 Å². The zero-order chi connectivity index (χ0) is 16.6. The monoisotopic (exact) mass is 306 g/mol. The third-order valence-corrected chi connectivity index (χ3v) is 3.87. The summed E-state index contributed by atoms with van der Waals surface area (Å²) < 4.78 is 11.6. The van der Waals surface area contributed by atoms with Crippen molar-refractivity contribution in [1.82, 2.24) is 9.78 Å². The van der Waals surface area contributed by atoms with Crippen LogP contribution in [0.3, 0.4) is 0 Å². The predicted molar refractivity (Wildman–Crippen MR) is 77.7 cm³/mol. The van der Waals surface area contributed by atoms with Crippen molar-refractivity contribution >= 4 is 17.6 Å². The molecule has 2 heterocycles. The van der Waals surface area contributed by atoms with Crippen molar-refractivity contribution in [2.45, 2.75) is 40.9 Å². The molecule has 1 aliphatic heterocycles. The molecule has 118 valence electrons. The van der Waals surface area contributed by atoms with Crippen molar-refractivity contribution in [3.8, 4) is 0 Å². The van der Waals surface area contributed by atoms with Crippen molar-refractivity contribution in [1.29, 1.82) is 0 Å². The quantitative estimate of drug-likeness (QED) is 0.519. The number of carbonyl (C=O) groups excluding carboxylic acids is 1. The van der Waals surface area contributed by atoms with Gasteiger partial charge in [-0.1, -0.05) is 0 Å². The first kappa shape index (κ1) is 15.8. The van der Waals surface area contributed by atoms with E-state index in [1.54, 1.807) is 27.7 Å². The summed E-state index contributed by atoms with van der Waals surface area (Å²) in [7, 11) is 0. The molecule has 0 aromatic carbocycles. The molecule has 1 unspecified atom stereocenters. The molecule has 1 atom stereocenters. The van der Waals surface area contributed by atoms with Gasteiger partial charge in [-0.2, -0.15) is 5.10 Å². The van der Waals surface area contributed by atoms with Gasteiger partial charge in [0, 0.05) is 16.8 Å². The van der Waals surface area contributed by atoms with Crippen LogP contribution in [0.1, 0.15) is 30.8 Å². The van der Waals surface area contributed by atoms with Crippen molar-refractivity contribution < 1.29 is 24.2 Å². The minimum absolute atomic E-state index is 0.151. The average Bonchev–Trinajstić information content (AvgIpc) is 2.85. The number of hydrogen-bond donors (Lipinski definition) is 1. The first-order valence-corrected chi connectivity index (χ1v) is 6.74. The Labute approximate surface area is 127 Å². The van der Waals surface area contributed by atoms with Crippen LogP contribution in [0.15, 0.2) is 17.4 Å². The van der Waals surface area contributed by atoms with Gasteiger partial charge in [-0.15, -0.1) is 0 Å². The summed E-state index contributed by atoms with van der Waals surface area (Å²) in [6.45, 7) is 8.77. The van der Waals surface area contributed by atoms with Crippen LogP contribution >= 0.6 is 0 Å². The second-order valence-corrected chi connectivity index (χ2v) is 5.20. The van der Waals surface area contributed by atoms with E-state index in [1.807, 2.05) is 6.92 Å². The van der Waals surface area contributed by atoms with Gasteiger partial charge in [-0.05, 0) is 40.2 Å². The second kappa shape index (κ2) is 5.67. The van der Waals surface area contributed by atoms with Crippen molar-refractivity contribution in [2.24, 2.45) is 0 Å². The molecular formula is C15H18N2O5. The highest BCUT2D eigenvalue weighted by atomic mass is 16.7. The molecule has 0 aliphatic carbocycles. The fraction of sp³-hybridized carbons (Fsp3) is 0.400. The lowest BCUT2D eigenvalue weighted by atomic mass is 10.2. The predicted octanol–water partition coefficient (Wildman–Crippen LogP) is 1.93. The third-order valence-electron chi connectivity index (χ3n) is 3.87. The van der Waals surface area contributed by atoms with E-state index in [0.29, 0.717) is 16.8 Å². The lowest BCUT2D eigenvalue weighted by Crippen LogP contribution is -2.16. The van der Waals surface area contributed by atoms with E-state index >= 15 is 0 Å². The molecule has 0 bridgehead atoms. The molecule has 0 fully saturated rings. The lowest BCUT2D eigenvalue weighted by Gasteiger charge is -2.12. The van der Waals surface area contributed by atoms with Crippen LogP contribution in [0, 0.1) is 20.8 Å². The molecule has 1 aromatic rings. The van der Waals surface area contributed by atoms with E-state index in [9.17, 15) is 14.7 Å². The van der Waals surface area contributed by atoms with E-state index in [-0.39, 0.29) is 5.70 Å². The highest BCUT2D eigenvalue weighted by molar-refractivity contribution is 6.08. The van der Waals surface area contributed by atoms with Crippen LogP contribution in [0.2, 0.25) is 0 Å². The largest absolute Gasteiger partial charge is 0.476 e. The number of aromatic nitrogens is 2. The number of hydrogen-bond acceptors (Lipinski definition) is 5. The zero-order valence-electron chi connectivity index (χ0n) is 13.1. The Morgan fingerprint density at radius 1 is 1.32 bits per heavy atom. The number of esters is 1. The lowest BCUT2D eigenvalue weighted by molar-refractivity contribution is -0.152. The summed E-state index contributed by atoms with van der Waals surface area (Å²) in [6, 6.07) is 0. The standard InChI is InChI=1S/C15H18N2O5/c1-7-8(2)15(22-14(7)20)21-6-12(13(18)19)17-11(5)9(3)10(4)16-17/h6,15H,1-5H3,(H,18,19)/b12-6-. The molecule has 0 saturated heterocycles.